The molecule has 0 bridgehead atoms. The number of carbonyl (C=O) groups excluding carboxylic acids is 3. The van der Waals surface area contributed by atoms with Crippen LogP contribution in [0.2, 0.25) is 0 Å². The first-order valence-corrected chi connectivity index (χ1v) is 12.2. The largest absolute Gasteiger partial charge is 0.462 e. The van der Waals surface area contributed by atoms with Crippen molar-refractivity contribution in [3.05, 3.63) is 21.8 Å². The number of nitrogens with one attached hydrogen (secondary N) is 1. The minimum atomic E-state index is -0.665. The van der Waals surface area contributed by atoms with Crippen LogP contribution in [0.4, 0.5) is 5.00 Å². The molecule has 3 N–H and O–H groups in total. The van der Waals surface area contributed by atoms with E-state index in [2.05, 4.69) is 15.5 Å². The fourth-order valence-corrected chi connectivity index (χ4v) is 5.27. The van der Waals surface area contributed by atoms with Gasteiger partial charge in [-0.1, -0.05) is 18.7 Å². The molecule has 10 nitrogen and oxygen atoms in total. The molecule has 12 heteroatoms. The van der Waals surface area contributed by atoms with E-state index in [1.165, 1.54) is 11.8 Å². The Labute approximate surface area is 194 Å². The summed E-state index contributed by atoms with van der Waals surface area (Å²) in [4.78, 5) is 37.0. The van der Waals surface area contributed by atoms with Crippen molar-refractivity contribution in [2.24, 2.45) is 5.73 Å². The SMILES string of the molecule is CCOC(=O)c1c(NC(=O)CSc2nnc(CC)n2CC2CCCO2)sc(C(N)=O)c1C. The van der Waals surface area contributed by atoms with Gasteiger partial charge in [-0.25, -0.2) is 4.79 Å². The molecule has 1 fully saturated rings. The van der Waals surface area contributed by atoms with E-state index >= 15 is 0 Å². The lowest BCUT2D eigenvalue weighted by atomic mass is 10.1. The molecule has 1 aliphatic heterocycles. The summed E-state index contributed by atoms with van der Waals surface area (Å²) in [6, 6.07) is 0. The Morgan fingerprint density at radius 1 is 1.34 bits per heavy atom. The van der Waals surface area contributed by atoms with Gasteiger partial charge in [0, 0.05) is 13.0 Å². The summed E-state index contributed by atoms with van der Waals surface area (Å²) in [6.07, 6.45) is 2.87. The number of rotatable bonds is 10. The number of primary amides is 1. The maximum absolute atomic E-state index is 12.7. The van der Waals surface area contributed by atoms with Crippen molar-refractivity contribution in [3.63, 3.8) is 0 Å². The molecule has 2 aromatic heterocycles. The Morgan fingerprint density at radius 2 is 2.12 bits per heavy atom. The molecule has 0 aromatic carbocycles. The average molecular weight is 482 g/mol. The lowest BCUT2D eigenvalue weighted by Crippen LogP contribution is -2.19. The van der Waals surface area contributed by atoms with Gasteiger partial charge in [0.25, 0.3) is 5.91 Å². The summed E-state index contributed by atoms with van der Waals surface area (Å²) in [7, 11) is 0. The smallest absolute Gasteiger partial charge is 0.341 e. The number of amides is 2. The van der Waals surface area contributed by atoms with Crippen molar-refractivity contribution >= 4 is 45.9 Å². The van der Waals surface area contributed by atoms with Crippen LogP contribution in [-0.2, 0) is 27.2 Å². The predicted octanol–water partition coefficient (Wildman–Crippen LogP) is 2.40. The molecule has 3 heterocycles. The zero-order chi connectivity index (χ0) is 23.3. The normalized spacial score (nSPS) is 15.7. The minimum Gasteiger partial charge on any atom is -0.462 e. The van der Waals surface area contributed by atoms with Crippen molar-refractivity contribution in [2.45, 2.75) is 57.8 Å². The summed E-state index contributed by atoms with van der Waals surface area (Å²) in [5.41, 5.74) is 5.96. The Kier molecular flexibility index (Phi) is 8.26. The molecule has 0 saturated carbocycles. The van der Waals surface area contributed by atoms with Crippen LogP contribution in [0.1, 0.15) is 58.1 Å². The first-order chi connectivity index (χ1) is 15.3. The van der Waals surface area contributed by atoms with Crippen LogP contribution in [0.5, 0.6) is 0 Å². The van der Waals surface area contributed by atoms with Gasteiger partial charge in [0.1, 0.15) is 10.8 Å². The molecule has 0 radical (unpaired) electrons. The molecule has 32 heavy (non-hydrogen) atoms. The number of aromatic nitrogens is 3. The number of ether oxygens (including phenoxy) is 2. The number of thioether (sulfide) groups is 1. The number of aryl methyl sites for hydroxylation is 1. The second kappa shape index (κ2) is 10.9. The van der Waals surface area contributed by atoms with Crippen LogP contribution in [-0.4, -0.2) is 57.6 Å². The fourth-order valence-electron chi connectivity index (χ4n) is 3.44. The van der Waals surface area contributed by atoms with E-state index in [0.717, 1.165) is 43.0 Å². The average Bonchev–Trinajstić information content (AvgIpc) is 3.46. The Morgan fingerprint density at radius 3 is 2.75 bits per heavy atom. The quantitative estimate of drug-likeness (QED) is 0.390. The van der Waals surface area contributed by atoms with Crippen LogP contribution < -0.4 is 11.1 Å². The maximum atomic E-state index is 12.7. The molecule has 2 amide bonds. The van der Waals surface area contributed by atoms with E-state index < -0.39 is 11.9 Å². The van der Waals surface area contributed by atoms with Crippen LogP contribution in [0, 0.1) is 6.92 Å². The van der Waals surface area contributed by atoms with Gasteiger partial charge in [-0.3, -0.25) is 9.59 Å². The van der Waals surface area contributed by atoms with Crippen LogP contribution >= 0.6 is 23.1 Å². The molecular weight excluding hydrogens is 454 g/mol. The van der Waals surface area contributed by atoms with Crippen LogP contribution in [0.15, 0.2) is 5.16 Å². The monoisotopic (exact) mass is 481 g/mol. The number of thiophene rings is 1. The lowest BCUT2D eigenvalue weighted by molar-refractivity contribution is -0.113. The highest BCUT2D eigenvalue weighted by molar-refractivity contribution is 7.99. The molecule has 1 atom stereocenters. The molecule has 2 aromatic rings. The third kappa shape index (κ3) is 5.48. The van der Waals surface area contributed by atoms with Gasteiger partial charge in [0.05, 0.1) is 35.4 Å². The van der Waals surface area contributed by atoms with Gasteiger partial charge >= 0.3 is 5.97 Å². The van der Waals surface area contributed by atoms with E-state index in [9.17, 15) is 14.4 Å². The van der Waals surface area contributed by atoms with Crippen LogP contribution in [0.25, 0.3) is 0 Å². The number of hydrogen-bond acceptors (Lipinski definition) is 9. The number of esters is 1. The van der Waals surface area contributed by atoms with Crippen LogP contribution in [0.3, 0.4) is 0 Å². The van der Waals surface area contributed by atoms with Crippen molar-refractivity contribution in [3.8, 4) is 0 Å². The molecule has 1 aliphatic rings. The molecular formula is C20H27N5O5S2. The first kappa shape index (κ1) is 24.2. The summed E-state index contributed by atoms with van der Waals surface area (Å²) in [6.45, 7) is 6.87. The van der Waals surface area contributed by atoms with Gasteiger partial charge in [-0.2, -0.15) is 0 Å². The molecule has 174 valence electrons. The number of anilines is 1. The number of nitrogens with two attached hydrogens (primary N) is 1. The second-order valence-electron chi connectivity index (χ2n) is 7.18. The van der Waals surface area contributed by atoms with Gasteiger partial charge in [-0.05, 0) is 32.3 Å². The van der Waals surface area contributed by atoms with Gasteiger partial charge in [0.15, 0.2) is 5.16 Å². The van der Waals surface area contributed by atoms with E-state index in [0.29, 0.717) is 17.3 Å². The summed E-state index contributed by atoms with van der Waals surface area (Å²) >= 11 is 2.22. The van der Waals surface area contributed by atoms with Gasteiger partial charge < -0.3 is 25.1 Å². The zero-order valence-corrected chi connectivity index (χ0v) is 19.9. The zero-order valence-electron chi connectivity index (χ0n) is 18.3. The minimum absolute atomic E-state index is 0.0541. The molecule has 0 aliphatic carbocycles. The molecule has 1 unspecified atom stereocenters. The van der Waals surface area contributed by atoms with Crippen molar-refractivity contribution in [1.29, 1.82) is 0 Å². The molecule has 0 spiro atoms. The van der Waals surface area contributed by atoms with E-state index in [-0.39, 0.29) is 39.8 Å². The summed E-state index contributed by atoms with van der Waals surface area (Å²) in [5, 5.41) is 12.1. The first-order valence-electron chi connectivity index (χ1n) is 10.4. The fraction of sp³-hybridized carbons (Fsp3) is 0.550. The maximum Gasteiger partial charge on any atom is 0.341 e. The van der Waals surface area contributed by atoms with Gasteiger partial charge in [0.2, 0.25) is 5.91 Å². The standard InChI is InChI=1S/C20H27N5O5S2/c1-4-13-23-24-20(25(13)9-12-7-6-8-30-12)31-10-14(26)22-18-15(19(28)29-5-2)11(3)16(32-18)17(21)27/h12H,4-10H2,1-3H3,(H2,21,27)(H,22,26). The third-order valence-electron chi connectivity index (χ3n) is 4.96. The number of hydrogen-bond donors (Lipinski definition) is 2. The van der Waals surface area contributed by atoms with Gasteiger partial charge in [-0.15, -0.1) is 21.5 Å². The topological polar surface area (TPSA) is 138 Å². The molecule has 3 rings (SSSR count). The summed E-state index contributed by atoms with van der Waals surface area (Å²) in [5.74, 6) is -0.725. The van der Waals surface area contributed by atoms with E-state index in [1.807, 2.05) is 11.5 Å². The van der Waals surface area contributed by atoms with Crippen molar-refractivity contribution in [2.75, 3.05) is 24.3 Å². The number of nitrogens with zero attached hydrogens (tertiary/aromatic N) is 3. The Bertz CT molecular complexity index is 997. The summed E-state index contributed by atoms with van der Waals surface area (Å²) < 4.78 is 12.8. The highest BCUT2D eigenvalue weighted by Crippen LogP contribution is 2.34. The molecule has 1 saturated heterocycles. The van der Waals surface area contributed by atoms with Crippen molar-refractivity contribution in [1.82, 2.24) is 14.8 Å². The second-order valence-corrected chi connectivity index (χ2v) is 9.14. The highest BCUT2D eigenvalue weighted by Gasteiger charge is 2.26. The highest BCUT2D eigenvalue weighted by atomic mass is 32.2. The lowest BCUT2D eigenvalue weighted by Gasteiger charge is -2.14. The van der Waals surface area contributed by atoms with E-state index in [1.54, 1.807) is 13.8 Å². The Balaban J connectivity index is 1.71. The Hall–Kier alpha value is -2.44. The predicted molar refractivity (Wildman–Crippen MR) is 121 cm³/mol. The number of carbonyl (C=O) groups is 3. The third-order valence-corrected chi connectivity index (χ3v) is 7.14. The van der Waals surface area contributed by atoms with E-state index in [4.69, 9.17) is 15.2 Å². The van der Waals surface area contributed by atoms with Crippen molar-refractivity contribution < 1.29 is 23.9 Å².